The zero-order chi connectivity index (χ0) is 21.7. The van der Waals surface area contributed by atoms with Crippen LogP contribution in [0, 0.1) is 5.92 Å². The summed E-state index contributed by atoms with van der Waals surface area (Å²) in [5.74, 6) is 0.481. The summed E-state index contributed by atoms with van der Waals surface area (Å²) in [6.07, 6.45) is 9.71. The first kappa shape index (κ1) is 22.5. The Hall–Kier alpha value is -1.69. The van der Waals surface area contributed by atoms with Crippen LogP contribution in [0.2, 0.25) is 0 Å². The summed E-state index contributed by atoms with van der Waals surface area (Å²) < 4.78 is 28.1. The molecule has 0 spiro atoms. The molecule has 1 atom stereocenters. The third kappa shape index (κ3) is 5.97. The van der Waals surface area contributed by atoms with Gasteiger partial charge in [0.2, 0.25) is 10.0 Å². The number of sulfonamides is 1. The van der Waals surface area contributed by atoms with Crippen LogP contribution in [0.1, 0.15) is 57.4 Å². The van der Waals surface area contributed by atoms with Gasteiger partial charge in [0.05, 0.1) is 4.90 Å². The van der Waals surface area contributed by atoms with Crippen LogP contribution in [0.15, 0.2) is 53.4 Å². The molecule has 4 rings (SSSR count). The lowest BCUT2D eigenvalue weighted by molar-refractivity contribution is 0.272. The van der Waals surface area contributed by atoms with Gasteiger partial charge in [0, 0.05) is 19.1 Å². The van der Waals surface area contributed by atoms with E-state index < -0.39 is 10.0 Å². The van der Waals surface area contributed by atoms with E-state index in [4.69, 9.17) is 0 Å². The number of likely N-dealkylation sites (tertiary alicyclic amines) is 1. The van der Waals surface area contributed by atoms with Crippen LogP contribution < -0.4 is 4.72 Å². The van der Waals surface area contributed by atoms with Gasteiger partial charge in [0.1, 0.15) is 0 Å². The summed E-state index contributed by atoms with van der Waals surface area (Å²) in [6.45, 7) is 5.23. The van der Waals surface area contributed by atoms with E-state index in [1.54, 1.807) is 12.1 Å². The predicted octanol–water partition coefficient (Wildman–Crippen LogP) is 5.24. The molecule has 0 radical (unpaired) electrons. The van der Waals surface area contributed by atoms with Crippen LogP contribution in [0.3, 0.4) is 0 Å². The Bertz CT molecular complexity index is 932. The van der Waals surface area contributed by atoms with Gasteiger partial charge in [-0.25, -0.2) is 13.1 Å². The average Bonchev–Trinajstić information content (AvgIpc) is 3.22. The van der Waals surface area contributed by atoms with Gasteiger partial charge in [-0.3, -0.25) is 0 Å². The highest BCUT2D eigenvalue weighted by Crippen LogP contribution is 2.25. The van der Waals surface area contributed by atoms with Crippen molar-refractivity contribution < 1.29 is 8.42 Å². The zero-order valence-corrected chi connectivity index (χ0v) is 19.5. The number of hydrogen-bond acceptors (Lipinski definition) is 3. The van der Waals surface area contributed by atoms with Gasteiger partial charge in [-0.1, -0.05) is 55.7 Å². The van der Waals surface area contributed by atoms with E-state index in [0.29, 0.717) is 23.4 Å². The molecule has 0 amide bonds. The lowest BCUT2D eigenvalue weighted by Crippen LogP contribution is -2.30. The molecule has 2 aromatic carbocycles. The van der Waals surface area contributed by atoms with Crippen molar-refractivity contribution in [3.05, 3.63) is 54.1 Å². The topological polar surface area (TPSA) is 49.4 Å². The summed E-state index contributed by atoms with van der Waals surface area (Å²) in [4.78, 5) is 2.93. The molecule has 1 saturated carbocycles. The molecule has 1 saturated heterocycles. The van der Waals surface area contributed by atoms with E-state index in [1.807, 2.05) is 12.1 Å². The fraction of sp³-hybridized carbons (Fsp3) is 0.538. The Labute approximate surface area is 188 Å². The first-order valence-corrected chi connectivity index (χ1v) is 13.4. The molecule has 31 heavy (non-hydrogen) atoms. The fourth-order valence-electron chi connectivity index (χ4n) is 4.99. The smallest absolute Gasteiger partial charge is 0.240 e. The largest absolute Gasteiger partial charge is 0.300 e. The van der Waals surface area contributed by atoms with E-state index >= 15 is 0 Å². The number of rotatable bonds is 8. The Morgan fingerprint density at radius 3 is 2.13 bits per heavy atom. The first-order chi connectivity index (χ1) is 15.0. The second-order valence-electron chi connectivity index (χ2n) is 9.35. The third-order valence-electron chi connectivity index (χ3n) is 7.12. The number of nitrogens with one attached hydrogen (secondary N) is 1. The molecule has 5 heteroatoms. The normalized spacial score (nSPS) is 20.9. The molecule has 0 aromatic heterocycles. The Morgan fingerprint density at radius 2 is 1.52 bits per heavy atom. The van der Waals surface area contributed by atoms with Gasteiger partial charge in [0.15, 0.2) is 0 Å². The van der Waals surface area contributed by atoms with Gasteiger partial charge in [-0.2, -0.15) is 0 Å². The van der Waals surface area contributed by atoms with Crippen LogP contribution in [-0.4, -0.2) is 39.0 Å². The first-order valence-electron chi connectivity index (χ1n) is 11.9. The van der Waals surface area contributed by atoms with Gasteiger partial charge < -0.3 is 4.90 Å². The number of hydrogen-bond donors (Lipinski definition) is 1. The Morgan fingerprint density at radius 1 is 0.871 bits per heavy atom. The van der Waals surface area contributed by atoms with Crippen molar-refractivity contribution in [2.75, 3.05) is 19.6 Å². The fourth-order valence-corrected chi connectivity index (χ4v) is 6.11. The average molecular weight is 441 g/mol. The van der Waals surface area contributed by atoms with Gasteiger partial charge in [-0.05, 0) is 80.3 Å². The van der Waals surface area contributed by atoms with E-state index in [9.17, 15) is 8.42 Å². The molecule has 2 aromatic rings. The molecular weight excluding hydrogens is 404 g/mol. The highest BCUT2D eigenvalue weighted by molar-refractivity contribution is 7.89. The van der Waals surface area contributed by atoms with E-state index in [2.05, 4.69) is 40.8 Å². The van der Waals surface area contributed by atoms with E-state index in [0.717, 1.165) is 36.9 Å². The maximum absolute atomic E-state index is 12.7. The molecular formula is C26H36N2O2S. The van der Waals surface area contributed by atoms with Gasteiger partial charge >= 0.3 is 0 Å². The lowest BCUT2D eigenvalue weighted by Gasteiger charge is -2.21. The van der Waals surface area contributed by atoms with Crippen molar-refractivity contribution in [3.63, 3.8) is 0 Å². The van der Waals surface area contributed by atoms with E-state index in [-0.39, 0.29) is 0 Å². The molecule has 0 bridgehead atoms. The summed E-state index contributed by atoms with van der Waals surface area (Å²) in [5.41, 5.74) is 3.53. The van der Waals surface area contributed by atoms with Crippen LogP contribution in [0.25, 0.3) is 11.1 Å². The van der Waals surface area contributed by atoms with Gasteiger partial charge in [0.25, 0.3) is 0 Å². The monoisotopic (exact) mass is 440 g/mol. The van der Waals surface area contributed by atoms with Crippen LogP contribution in [0.5, 0.6) is 0 Å². The van der Waals surface area contributed by atoms with Crippen molar-refractivity contribution in [2.45, 2.75) is 69.2 Å². The highest BCUT2D eigenvalue weighted by Gasteiger charge is 2.20. The molecule has 2 fully saturated rings. The SMILES string of the molecule is C[C@@H]1CCCN1CCc1ccc(-c2ccc(S(=O)(=O)NCC3CCCCC3)cc2)cc1. The Balaban J connectivity index is 1.33. The summed E-state index contributed by atoms with van der Waals surface area (Å²) in [5, 5.41) is 0. The van der Waals surface area contributed by atoms with Crippen molar-refractivity contribution >= 4 is 10.0 Å². The highest BCUT2D eigenvalue weighted by atomic mass is 32.2. The second kappa shape index (κ2) is 10.3. The molecule has 2 aliphatic rings. The van der Waals surface area contributed by atoms with Crippen molar-refractivity contribution in [3.8, 4) is 11.1 Å². The van der Waals surface area contributed by atoms with Crippen molar-refractivity contribution in [1.29, 1.82) is 0 Å². The minimum absolute atomic E-state index is 0.350. The van der Waals surface area contributed by atoms with Crippen molar-refractivity contribution in [1.82, 2.24) is 9.62 Å². The maximum Gasteiger partial charge on any atom is 0.240 e. The van der Waals surface area contributed by atoms with Crippen molar-refractivity contribution in [2.24, 2.45) is 5.92 Å². The lowest BCUT2D eigenvalue weighted by atomic mass is 9.90. The molecule has 1 heterocycles. The standard InChI is InChI=1S/C26H36N2O2S/c1-21-6-5-18-28(21)19-17-22-9-11-24(12-10-22)25-13-15-26(16-14-25)31(29,30)27-20-23-7-3-2-4-8-23/h9-16,21,23,27H,2-8,17-20H2,1H3/t21-/m1/s1. The molecule has 1 N–H and O–H groups in total. The van der Waals surface area contributed by atoms with Crippen LogP contribution >= 0.6 is 0 Å². The Kier molecular flexibility index (Phi) is 7.47. The van der Waals surface area contributed by atoms with Gasteiger partial charge in [-0.15, -0.1) is 0 Å². The molecule has 1 aliphatic heterocycles. The van der Waals surface area contributed by atoms with Crippen LogP contribution in [-0.2, 0) is 16.4 Å². The molecule has 168 valence electrons. The second-order valence-corrected chi connectivity index (χ2v) is 11.1. The summed E-state index contributed by atoms with van der Waals surface area (Å²) >= 11 is 0. The minimum atomic E-state index is -3.44. The number of benzene rings is 2. The van der Waals surface area contributed by atoms with E-state index in [1.165, 1.54) is 44.2 Å². The zero-order valence-electron chi connectivity index (χ0n) is 18.7. The summed E-state index contributed by atoms with van der Waals surface area (Å²) in [6, 6.07) is 16.7. The molecule has 0 unspecified atom stereocenters. The maximum atomic E-state index is 12.7. The third-order valence-corrected chi connectivity index (χ3v) is 8.56. The minimum Gasteiger partial charge on any atom is -0.300 e. The number of nitrogens with zero attached hydrogens (tertiary/aromatic N) is 1. The van der Waals surface area contributed by atoms with Crippen LogP contribution in [0.4, 0.5) is 0 Å². The predicted molar refractivity (Wildman–Crippen MR) is 128 cm³/mol. The quantitative estimate of drug-likeness (QED) is 0.611. The molecule has 4 nitrogen and oxygen atoms in total. The summed E-state index contributed by atoms with van der Waals surface area (Å²) in [7, 11) is -3.44. The molecule has 1 aliphatic carbocycles.